The van der Waals surface area contributed by atoms with E-state index in [1.54, 1.807) is 11.3 Å². The van der Waals surface area contributed by atoms with Gasteiger partial charge in [-0.2, -0.15) is 11.3 Å². The van der Waals surface area contributed by atoms with E-state index in [9.17, 15) is 0 Å². The van der Waals surface area contributed by atoms with Crippen molar-refractivity contribution in [3.63, 3.8) is 0 Å². The zero-order valence-corrected chi connectivity index (χ0v) is 13.2. The lowest BCUT2D eigenvalue weighted by molar-refractivity contribution is 0.0615. The van der Waals surface area contributed by atoms with Crippen molar-refractivity contribution in [2.45, 2.75) is 70.5 Å². The van der Waals surface area contributed by atoms with Gasteiger partial charge in [0.15, 0.2) is 0 Å². The maximum Gasteiger partial charge on any atom is 0.0335 e. The molecule has 1 aromatic heterocycles. The van der Waals surface area contributed by atoms with Crippen molar-refractivity contribution < 1.29 is 0 Å². The highest BCUT2D eigenvalue weighted by molar-refractivity contribution is 7.07. The molecule has 0 spiro atoms. The number of nitrogens with zero attached hydrogens (tertiary/aromatic N) is 1. The summed E-state index contributed by atoms with van der Waals surface area (Å²) in [5, 5.41) is 4.47. The molecule has 1 fully saturated rings. The summed E-state index contributed by atoms with van der Waals surface area (Å²) in [6.45, 7) is 6.47. The molecule has 1 aliphatic carbocycles. The Morgan fingerprint density at radius 1 is 1.42 bits per heavy atom. The van der Waals surface area contributed by atoms with Crippen LogP contribution in [-0.4, -0.2) is 23.0 Å². The standard InChI is InChI=1S/C16H28N2S/c1-3-5-9-16(4-2,13-17)18(15-6-7-15)11-14-8-10-19-12-14/h8,10,12,15H,3-7,9,11,13,17H2,1-2H3. The van der Waals surface area contributed by atoms with Gasteiger partial charge in [0.05, 0.1) is 0 Å². The first-order valence-electron chi connectivity index (χ1n) is 7.73. The Hall–Kier alpha value is -0.380. The average Bonchev–Trinajstić information content (AvgIpc) is 3.16. The molecule has 0 saturated heterocycles. The van der Waals surface area contributed by atoms with Crippen LogP contribution < -0.4 is 5.73 Å². The molecular weight excluding hydrogens is 252 g/mol. The molecule has 19 heavy (non-hydrogen) atoms. The van der Waals surface area contributed by atoms with Crippen molar-refractivity contribution in [3.8, 4) is 0 Å². The van der Waals surface area contributed by atoms with Crippen molar-refractivity contribution in [2.75, 3.05) is 6.54 Å². The summed E-state index contributed by atoms with van der Waals surface area (Å²) in [6.07, 6.45) is 7.69. The Kier molecular flexibility index (Phi) is 5.43. The molecule has 2 nitrogen and oxygen atoms in total. The highest BCUT2D eigenvalue weighted by atomic mass is 32.1. The minimum absolute atomic E-state index is 0.221. The quantitative estimate of drug-likeness (QED) is 0.740. The van der Waals surface area contributed by atoms with Crippen LogP contribution in [0.15, 0.2) is 16.8 Å². The first-order chi connectivity index (χ1) is 9.25. The van der Waals surface area contributed by atoms with Gasteiger partial charge in [-0.05, 0) is 48.1 Å². The van der Waals surface area contributed by atoms with E-state index in [0.717, 1.165) is 19.1 Å². The van der Waals surface area contributed by atoms with Gasteiger partial charge >= 0.3 is 0 Å². The lowest BCUT2D eigenvalue weighted by Gasteiger charge is -2.43. The van der Waals surface area contributed by atoms with Crippen LogP contribution in [0.2, 0.25) is 0 Å². The zero-order valence-electron chi connectivity index (χ0n) is 12.4. The van der Waals surface area contributed by atoms with Gasteiger partial charge in [-0.1, -0.05) is 26.7 Å². The molecule has 108 valence electrons. The molecule has 0 radical (unpaired) electrons. The van der Waals surface area contributed by atoms with Crippen molar-refractivity contribution in [1.29, 1.82) is 0 Å². The summed E-state index contributed by atoms with van der Waals surface area (Å²) in [6, 6.07) is 3.04. The zero-order chi connectivity index (χ0) is 13.7. The van der Waals surface area contributed by atoms with Crippen molar-refractivity contribution >= 4 is 11.3 Å². The van der Waals surface area contributed by atoms with Gasteiger partial charge in [0.25, 0.3) is 0 Å². The first-order valence-corrected chi connectivity index (χ1v) is 8.68. The summed E-state index contributed by atoms with van der Waals surface area (Å²) in [7, 11) is 0. The lowest BCUT2D eigenvalue weighted by Crippen LogP contribution is -2.54. The highest BCUT2D eigenvalue weighted by Gasteiger charge is 2.41. The molecule has 1 aliphatic rings. The molecular formula is C16H28N2S. The van der Waals surface area contributed by atoms with Gasteiger partial charge in [-0.25, -0.2) is 0 Å². The molecule has 0 amide bonds. The summed E-state index contributed by atoms with van der Waals surface area (Å²) in [5.74, 6) is 0. The van der Waals surface area contributed by atoms with E-state index in [0.29, 0.717) is 0 Å². The molecule has 1 unspecified atom stereocenters. The van der Waals surface area contributed by atoms with Crippen molar-refractivity contribution in [1.82, 2.24) is 4.90 Å². The molecule has 2 rings (SSSR count). The van der Waals surface area contributed by atoms with Crippen LogP contribution in [0.3, 0.4) is 0 Å². The number of thiophene rings is 1. The molecule has 2 N–H and O–H groups in total. The lowest BCUT2D eigenvalue weighted by atomic mass is 9.87. The largest absolute Gasteiger partial charge is 0.329 e. The van der Waals surface area contributed by atoms with Crippen LogP contribution in [0.1, 0.15) is 57.9 Å². The molecule has 1 aromatic rings. The Labute approximate surface area is 122 Å². The molecule has 0 aliphatic heterocycles. The van der Waals surface area contributed by atoms with Gasteiger partial charge in [0.2, 0.25) is 0 Å². The highest BCUT2D eigenvalue weighted by Crippen LogP contribution is 2.38. The van der Waals surface area contributed by atoms with E-state index in [4.69, 9.17) is 5.73 Å². The van der Waals surface area contributed by atoms with Crippen LogP contribution >= 0.6 is 11.3 Å². The SMILES string of the molecule is CCCCC(CC)(CN)N(Cc1ccsc1)C1CC1. The summed E-state index contributed by atoms with van der Waals surface area (Å²) in [4.78, 5) is 2.73. The van der Waals surface area contributed by atoms with Crippen LogP contribution in [0.25, 0.3) is 0 Å². The van der Waals surface area contributed by atoms with E-state index < -0.39 is 0 Å². The summed E-state index contributed by atoms with van der Waals surface area (Å²) >= 11 is 1.80. The molecule has 0 aromatic carbocycles. The number of rotatable bonds is 9. The van der Waals surface area contributed by atoms with Crippen LogP contribution in [0.5, 0.6) is 0 Å². The Morgan fingerprint density at radius 3 is 2.68 bits per heavy atom. The fourth-order valence-corrected chi connectivity index (χ4v) is 3.70. The summed E-state index contributed by atoms with van der Waals surface area (Å²) < 4.78 is 0. The predicted octanol–water partition coefficient (Wildman–Crippen LogP) is 4.01. The Morgan fingerprint density at radius 2 is 2.21 bits per heavy atom. The normalized spacial score (nSPS) is 18.7. The van der Waals surface area contributed by atoms with Crippen LogP contribution in [0.4, 0.5) is 0 Å². The van der Waals surface area contributed by atoms with Gasteiger partial charge in [0.1, 0.15) is 0 Å². The third-order valence-electron chi connectivity index (χ3n) is 4.56. The van der Waals surface area contributed by atoms with Gasteiger partial charge in [-0.3, -0.25) is 4.90 Å². The minimum Gasteiger partial charge on any atom is -0.329 e. The molecule has 0 bridgehead atoms. The van der Waals surface area contributed by atoms with E-state index in [-0.39, 0.29) is 5.54 Å². The van der Waals surface area contributed by atoms with Crippen molar-refractivity contribution in [3.05, 3.63) is 22.4 Å². The van der Waals surface area contributed by atoms with E-state index in [1.165, 1.54) is 44.1 Å². The van der Waals surface area contributed by atoms with E-state index in [1.807, 2.05) is 0 Å². The molecule has 1 atom stereocenters. The number of nitrogens with two attached hydrogens (primary N) is 1. The first kappa shape index (κ1) is 15.0. The fraction of sp³-hybridized carbons (Fsp3) is 0.750. The number of hydrogen-bond donors (Lipinski definition) is 1. The van der Waals surface area contributed by atoms with Gasteiger partial charge < -0.3 is 5.73 Å². The minimum atomic E-state index is 0.221. The van der Waals surface area contributed by atoms with Gasteiger partial charge in [-0.15, -0.1) is 0 Å². The average molecular weight is 280 g/mol. The van der Waals surface area contributed by atoms with Crippen molar-refractivity contribution in [2.24, 2.45) is 5.73 Å². The van der Waals surface area contributed by atoms with Gasteiger partial charge in [0, 0.05) is 24.7 Å². The maximum absolute atomic E-state index is 6.22. The Balaban J connectivity index is 2.13. The molecule has 1 heterocycles. The second kappa shape index (κ2) is 6.87. The summed E-state index contributed by atoms with van der Waals surface area (Å²) in [5.41, 5.74) is 7.89. The van der Waals surface area contributed by atoms with Crippen LogP contribution in [0, 0.1) is 0 Å². The predicted molar refractivity (Wildman–Crippen MR) is 84.5 cm³/mol. The van der Waals surface area contributed by atoms with Crippen LogP contribution in [-0.2, 0) is 6.54 Å². The second-order valence-corrected chi connectivity index (χ2v) is 6.66. The second-order valence-electron chi connectivity index (χ2n) is 5.88. The number of unbranched alkanes of at least 4 members (excludes halogenated alkanes) is 1. The molecule has 3 heteroatoms. The Bertz CT molecular complexity index is 353. The fourth-order valence-electron chi connectivity index (χ4n) is 3.04. The third-order valence-corrected chi connectivity index (χ3v) is 5.30. The van der Waals surface area contributed by atoms with E-state index in [2.05, 4.69) is 35.6 Å². The van der Waals surface area contributed by atoms with E-state index >= 15 is 0 Å². The number of hydrogen-bond acceptors (Lipinski definition) is 3. The topological polar surface area (TPSA) is 29.3 Å². The molecule has 1 saturated carbocycles. The third kappa shape index (κ3) is 3.59. The monoisotopic (exact) mass is 280 g/mol. The maximum atomic E-state index is 6.22. The smallest absolute Gasteiger partial charge is 0.0335 e.